The summed E-state index contributed by atoms with van der Waals surface area (Å²) in [5.74, 6) is 1.12. The molecule has 3 aromatic carbocycles. The Morgan fingerprint density at radius 3 is 2.16 bits per heavy atom. The Morgan fingerprint density at radius 1 is 0.906 bits per heavy atom. The summed E-state index contributed by atoms with van der Waals surface area (Å²) in [6.45, 7) is 4.56. The summed E-state index contributed by atoms with van der Waals surface area (Å²) < 4.78 is 38.6. The predicted molar refractivity (Wildman–Crippen MR) is 125 cm³/mol. The number of methoxy groups -OCH3 is 1. The molecule has 2 N–H and O–H groups in total. The molecule has 7 nitrogen and oxygen atoms in total. The van der Waals surface area contributed by atoms with E-state index in [1.165, 1.54) is 31.4 Å². The van der Waals surface area contributed by atoms with Crippen molar-refractivity contribution in [1.82, 2.24) is 0 Å². The van der Waals surface area contributed by atoms with Gasteiger partial charge in [-0.25, -0.2) is 8.42 Å². The molecule has 0 heterocycles. The zero-order valence-corrected chi connectivity index (χ0v) is 19.0. The Morgan fingerprint density at radius 2 is 1.53 bits per heavy atom. The molecule has 0 atom stereocenters. The summed E-state index contributed by atoms with van der Waals surface area (Å²) >= 11 is 0. The van der Waals surface area contributed by atoms with Gasteiger partial charge in [-0.05, 0) is 66.6 Å². The summed E-state index contributed by atoms with van der Waals surface area (Å²) in [6, 6.07) is 19.5. The SMILES string of the molecule is COc1ccc(NS(=O)(=O)c2ccc(NC(=O)c3ccccc3OCC(C)C)cc2)cc1. The van der Waals surface area contributed by atoms with E-state index in [1.54, 1.807) is 42.5 Å². The lowest BCUT2D eigenvalue weighted by Gasteiger charge is -2.13. The molecule has 0 unspecified atom stereocenters. The maximum atomic E-state index is 12.7. The lowest BCUT2D eigenvalue weighted by molar-refractivity contribution is 0.102. The first-order valence-electron chi connectivity index (χ1n) is 10.1. The number of para-hydroxylation sites is 1. The summed E-state index contributed by atoms with van der Waals surface area (Å²) in [5.41, 5.74) is 1.30. The van der Waals surface area contributed by atoms with E-state index < -0.39 is 10.0 Å². The second-order valence-corrected chi connectivity index (χ2v) is 9.20. The molecule has 0 saturated carbocycles. The third-order valence-electron chi connectivity index (χ3n) is 4.47. The van der Waals surface area contributed by atoms with E-state index in [4.69, 9.17) is 9.47 Å². The maximum Gasteiger partial charge on any atom is 0.261 e. The first-order chi connectivity index (χ1) is 15.3. The Labute approximate surface area is 188 Å². The van der Waals surface area contributed by atoms with Crippen molar-refractivity contribution in [2.24, 2.45) is 5.92 Å². The van der Waals surface area contributed by atoms with Crippen LogP contribution in [0.5, 0.6) is 11.5 Å². The molecule has 1 amide bonds. The molecule has 0 spiro atoms. The summed E-state index contributed by atoms with van der Waals surface area (Å²) in [5, 5.41) is 2.78. The highest BCUT2D eigenvalue weighted by Gasteiger charge is 2.16. The van der Waals surface area contributed by atoms with Gasteiger partial charge in [-0.1, -0.05) is 26.0 Å². The molecule has 0 radical (unpaired) electrons. The summed E-state index contributed by atoms with van der Waals surface area (Å²) in [7, 11) is -2.24. The smallest absolute Gasteiger partial charge is 0.261 e. The van der Waals surface area contributed by atoms with E-state index in [9.17, 15) is 13.2 Å². The number of benzene rings is 3. The predicted octanol–water partition coefficient (Wildman–Crippen LogP) is 4.78. The molecule has 0 aliphatic carbocycles. The van der Waals surface area contributed by atoms with Crippen LogP contribution in [0.3, 0.4) is 0 Å². The molecule has 0 fully saturated rings. The molecule has 0 aromatic heterocycles. The van der Waals surface area contributed by atoms with Crippen molar-refractivity contribution in [3.63, 3.8) is 0 Å². The van der Waals surface area contributed by atoms with Gasteiger partial charge in [0.25, 0.3) is 15.9 Å². The molecule has 0 aliphatic rings. The molecule has 32 heavy (non-hydrogen) atoms. The number of carbonyl (C=O) groups is 1. The Bertz CT molecular complexity index is 1160. The fraction of sp³-hybridized carbons (Fsp3) is 0.208. The van der Waals surface area contributed by atoms with Crippen LogP contribution < -0.4 is 19.5 Å². The highest BCUT2D eigenvalue weighted by Crippen LogP contribution is 2.23. The van der Waals surface area contributed by atoms with E-state index in [1.807, 2.05) is 19.9 Å². The van der Waals surface area contributed by atoms with E-state index in [0.717, 1.165) is 0 Å². The molecule has 3 rings (SSSR count). The van der Waals surface area contributed by atoms with Gasteiger partial charge in [-0.15, -0.1) is 0 Å². The number of amides is 1. The second-order valence-electron chi connectivity index (χ2n) is 7.51. The van der Waals surface area contributed by atoms with E-state index in [0.29, 0.717) is 41.0 Å². The van der Waals surface area contributed by atoms with Crippen molar-refractivity contribution in [2.75, 3.05) is 23.8 Å². The number of carbonyl (C=O) groups excluding carboxylic acids is 1. The van der Waals surface area contributed by atoms with Crippen molar-refractivity contribution in [2.45, 2.75) is 18.7 Å². The maximum absolute atomic E-state index is 12.7. The zero-order chi connectivity index (χ0) is 23.1. The number of hydrogen-bond acceptors (Lipinski definition) is 5. The topological polar surface area (TPSA) is 93.7 Å². The average Bonchev–Trinajstić information content (AvgIpc) is 2.78. The van der Waals surface area contributed by atoms with E-state index in [2.05, 4.69) is 10.0 Å². The van der Waals surface area contributed by atoms with Crippen LogP contribution in [0.1, 0.15) is 24.2 Å². The molecule has 0 aliphatic heterocycles. The highest BCUT2D eigenvalue weighted by molar-refractivity contribution is 7.92. The van der Waals surface area contributed by atoms with Crippen molar-refractivity contribution < 1.29 is 22.7 Å². The second kappa shape index (κ2) is 10.2. The molecule has 0 saturated heterocycles. The van der Waals surface area contributed by atoms with Gasteiger partial charge >= 0.3 is 0 Å². The third kappa shape index (κ3) is 6.01. The van der Waals surface area contributed by atoms with Gasteiger partial charge in [0, 0.05) is 11.4 Å². The fourth-order valence-corrected chi connectivity index (χ4v) is 3.88. The molecule has 8 heteroatoms. The van der Waals surface area contributed by atoms with Crippen molar-refractivity contribution >= 4 is 27.3 Å². The normalized spacial score (nSPS) is 11.1. The molecular weight excluding hydrogens is 428 g/mol. The minimum absolute atomic E-state index is 0.0759. The fourth-order valence-electron chi connectivity index (χ4n) is 2.83. The van der Waals surface area contributed by atoms with Gasteiger partial charge in [0.1, 0.15) is 11.5 Å². The van der Waals surface area contributed by atoms with Crippen LogP contribution in [0.15, 0.2) is 77.7 Å². The summed E-state index contributed by atoms with van der Waals surface area (Å²) in [4.78, 5) is 12.8. The average molecular weight is 455 g/mol. The van der Waals surface area contributed by atoms with Crippen molar-refractivity contribution in [1.29, 1.82) is 0 Å². The number of hydrogen-bond donors (Lipinski definition) is 2. The van der Waals surface area contributed by atoms with Gasteiger partial charge in [-0.2, -0.15) is 0 Å². The number of nitrogens with one attached hydrogen (secondary N) is 2. The molecule has 3 aromatic rings. The van der Waals surface area contributed by atoms with E-state index >= 15 is 0 Å². The van der Waals surface area contributed by atoms with Gasteiger partial charge < -0.3 is 14.8 Å². The number of rotatable bonds is 9. The van der Waals surface area contributed by atoms with Crippen LogP contribution in [0.4, 0.5) is 11.4 Å². The third-order valence-corrected chi connectivity index (χ3v) is 5.87. The van der Waals surface area contributed by atoms with Crippen LogP contribution in [0.25, 0.3) is 0 Å². The Kier molecular flexibility index (Phi) is 7.37. The molecular formula is C24H26N2O5S. The monoisotopic (exact) mass is 454 g/mol. The molecule has 0 bridgehead atoms. The van der Waals surface area contributed by atoms with Crippen molar-refractivity contribution in [3.8, 4) is 11.5 Å². The van der Waals surface area contributed by atoms with Gasteiger partial charge in [0.05, 0.1) is 24.2 Å². The lowest BCUT2D eigenvalue weighted by Crippen LogP contribution is -2.15. The van der Waals surface area contributed by atoms with Gasteiger partial charge in [0.2, 0.25) is 0 Å². The number of anilines is 2. The minimum Gasteiger partial charge on any atom is -0.497 e. The Hall–Kier alpha value is -3.52. The minimum atomic E-state index is -3.78. The van der Waals surface area contributed by atoms with Gasteiger partial charge in [-0.3, -0.25) is 9.52 Å². The van der Waals surface area contributed by atoms with Crippen LogP contribution in [0.2, 0.25) is 0 Å². The quantitative estimate of drug-likeness (QED) is 0.485. The first-order valence-corrected chi connectivity index (χ1v) is 11.6. The highest BCUT2D eigenvalue weighted by atomic mass is 32.2. The van der Waals surface area contributed by atoms with Crippen LogP contribution in [0, 0.1) is 5.92 Å². The van der Waals surface area contributed by atoms with Gasteiger partial charge in [0.15, 0.2) is 0 Å². The Balaban J connectivity index is 1.69. The molecule has 168 valence electrons. The lowest BCUT2D eigenvalue weighted by atomic mass is 10.1. The number of sulfonamides is 1. The summed E-state index contributed by atoms with van der Waals surface area (Å²) in [6.07, 6.45) is 0. The largest absolute Gasteiger partial charge is 0.497 e. The van der Waals surface area contributed by atoms with Crippen LogP contribution in [-0.2, 0) is 10.0 Å². The van der Waals surface area contributed by atoms with Crippen molar-refractivity contribution in [3.05, 3.63) is 78.4 Å². The van der Waals surface area contributed by atoms with Crippen LogP contribution >= 0.6 is 0 Å². The first kappa shape index (κ1) is 23.1. The zero-order valence-electron chi connectivity index (χ0n) is 18.2. The number of ether oxygens (including phenoxy) is 2. The van der Waals surface area contributed by atoms with Crippen LogP contribution in [-0.4, -0.2) is 28.0 Å². The van der Waals surface area contributed by atoms with E-state index in [-0.39, 0.29) is 10.8 Å². The standard InChI is InChI=1S/C24H26N2O5S/c1-17(2)16-31-23-7-5-4-6-22(23)24(27)25-18-10-14-21(15-11-18)32(28,29)26-19-8-12-20(30-3)13-9-19/h4-15,17,26H,16H2,1-3H3,(H,25,27).